The van der Waals surface area contributed by atoms with Crippen LogP contribution in [0.4, 0.5) is 0 Å². The molecule has 1 unspecified atom stereocenters. The molecular weight excluding hydrogens is 280 g/mol. The van der Waals surface area contributed by atoms with E-state index in [1.165, 1.54) is 22.3 Å². The molecule has 1 atom stereocenters. The van der Waals surface area contributed by atoms with Gasteiger partial charge in [-0.25, -0.2) is 0 Å². The second-order valence-electron chi connectivity index (χ2n) is 4.15. The smallest absolute Gasteiger partial charge is 0.0436 e. The molecule has 0 nitrogen and oxygen atoms in total. The predicted molar refractivity (Wildman–Crippen MR) is 75.6 cm³/mol. The maximum Gasteiger partial charge on any atom is 0.0436 e. The van der Waals surface area contributed by atoms with E-state index in [0.717, 1.165) is 6.42 Å². The summed E-state index contributed by atoms with van der Waals surface area (Å²) in [7, 11) is 0. The summed E-state index contributed by atoms with van der Waals surface area (Å²) < 4.78 is 0. The molecule has 2 heteroatoms. The number of benzene rings is 1. The van der Waals surface area contributed by atoms with E-state index in [0.29, 0.717) is 4.83 Å². The van der Waals surface area contributed by atoms with Crippen LogP contribution in [0.5, 0.6) is 0 Å². The lowest BCUT2D eigenvalue weighted by molar-refractivity contribution is 0.950. The number of aryl methyl sites for hydroxylation is 2. The lowest BCUT2D eigenvalue weighted by atomic mass is 10.0. The Morgan fingerprint density at radius 3 is 2.62 bits per heavy atom. The van der Waals surface area contributed by atoms with Crippen molar-refractivity contribution in [3.05, 3.63) is 57.3 Å². The predicted octanol–water partition coefficient (Wildman–Crippen LogP) is 5.04. The van der Waals surface area contributed by atoms with Gasteiger partial charge < -0.3 is 0 Å². The molecule has 1 aromatic carbocycles. The highest BCUT2D eigenvalue weighted by molar-refractivity contribution is 9.09. The summed E-state index contributed by atoms with van der Waals surface area (Å²) >= 11 is 5.53. The Balaban J connectivity index is 2.14. The molecule has 0 aliphatic carbocycles. The normalized spacial score (nSPS) is 12.7. The molecule has 0 fully saturated rings. The van der Waals surface area contributed by atoms with Gasteiger partial charge in [0.1, 0.15) is 0 Å². The topological polar surface area (TPSA) is 0 Å². The van der Waals surface area contributed by atoms with E-state index >= 15 is 0 Å². The third-order valence-corrected chi connectivity index (χ3v) is 4.47. The molecule has 1 heterocycles. The zero-order valence-corrected chi connectivity index (χ0v) is 11.9. The van der Waals surface area contributed by atoms with Crippen LogP contribution in [-0.4, -0.2) is 0 Å². The van der Waals surface area contributed by atoms with Gasteiger partial charge in [-0.05, 0) is 59.3 Å². The molecule has 2 rings (SSSR count). The van der Waals surface area contributed by atoms with Crippen molar-refractivity contribution in [2.75, 3.05) is 0 Å². The molecule has 0 radical (unpaired) electrons. The van der Waals surface area contributed by atoms with Crippen LogP contribution < -0.4 is 0 Å². The Morgan fingerprint density at radius 2 is 2.00 bits per heavy atom. The van der Waals surface area contributed by atoms with E-state index < -0.39 is 0 Å². The summed E-state index contributed by atoms with van der Waals surface area (Å²) in [6, 6.07) is 8.89. The largest absolute Gasteiger partial charge is 0.152 e. The molecule has 2 aromatic rings. The van der Waals surface area contributed by atoms with Crippen molar-refractivity contribution < 1.29 is 0 Å². The van der Waals surface area contributed by atoms with Crippen LogP contribution in [0.2, 0.25) is 0 Å². The fourth-order valence-electron chi connectivity index (χ4n) is 1.69. The van der Waals surface area contributed by atoms with Gasteiger partial charge in [0, 0.05) is 4.83 Å². The fraction of sp³-hybridized carbons (Fsp3) is 0.286. The van der Waals surface area contributed by atoms with Crippen LogP contribution in [0.1, 0.15) is 27.1 Å². The van der Waals surface area contributed by atoms with E-state index in [9.17, 15) is 0 Å². The van der Waals surface area contributed by atoms with E-state index in [1.54, 1.807) is 11.3 Å². The van der Waals surface area contributed by atoms with E-state index in [-0.39, 0.29) is 0 Å². The third kappa shape index (κ3) is 2.74. The monoisotopic (exact) mass is 294 g/mol. The molecule has 0 N–H and O–H groups in total. The Bertz CT molecular complexity index is 460. The van der Waals surface area contributed by atoms with Crippen molar-refractivity contribution in [2.45, 2.75) is 25.1 Å². The highest BCUT2D eigenvalue weighted by atomic mass is 79.9. The fourth-order valence-corrected chi connectivity index (χ4v) is 3.03. The zero-order valence-electron chi connectivity index (χ0n) is 9.53. The number of halogens is 1. The van der Waals surface area contributed by atoms with Crippen LogP contribution in [0.25, 0.3) is 0 Å². The number of alkyl halides is 1. The Hall–Kier alpha value is -0.600. The van der Waals surface area contributed by atoms with Gasteiger partial charge in [0.25, 0.3) is 0 Å². The van der Waals surface area contributed by atoms with E-state index in [4.69, 9.17) is 0 Å². The SMILES string of the molecule is Cc1ccc(C(Br)Cc2ccsc2)cc1C. The van der Waals surface area contributed by atoms with Crippen molar-refractivity contribution in [3.63, 3.8) is 0 Å². The Morgan fingerprint density at radius 1 is 1.19 bits per heavy atom. The minimum atomic E-state index is 0.418. The number of hydrogen-bond donors (Lipinski definition) is 0. The van der Waals surface area contributed by atoms with Gasteiger partial charge in [-0.1, -0.05) is 34.1 Å². The van der Waals surface area contributed by atoms with Crippen LogP contribution in [0, 0.1) is 13.8 Å². The lowest BCUT2D eigenvalue weighted by Gasteiger charge is -2.11. The van der Waals surface area contributed by atoms with Crippen LogP contribution in [0.15, 0.2) is 35.0 Å². The summed E-state index contributed by atoms with van der Waals surface area (Å²) in [5.74, 6) is 0. The minimum absolute atomic E-state index is 0.418. The summed E-state index contributed by atoms with van der Waals surface area (Å²) in [6.07, 6.45) is 1.06. The van der Waals surface area contributed by atoms with Crippen molar-refractivity contribution in [2.24, 2.45) is 0 Å². The maximum atomic E-state index is 3.77. The number of hydrogen-bond acceptors (Lipinski definition) is 1. The summed E-state index contributed by atoms with van der Waals surface area (Å²) in [4.78, 5) is 0.418. The summed E-state index contributed by atoms with van der Waals surface area (Å²) in [5, 5.41) is 4.35. The first-order valence-corrected chi connectivity index (χ1v) is 7.25. The second kappa shape index (κ2) is 5.15. The molecule has 0 aliphatic heterocycles. The first-order valence-electron chi connectivity index (χ1n) is 5.39. The molecule has 0 aliphatic rings. The third-order valence-electron chi connectivity index (χ3n) is 2.89. The van der Waals surface area contributed by atoms with Crippen molar-refractivity contribution in [1.82, 2.24) is 0 Å². The van der Waals surface area contributed by atoms with Crippen LogP contribution in [-0.2, 0) is 6.42 Å². The summed E-state index contributed by atoms with van der Waals surface area (Å²) in [5.41, 5.74) is 5.51. The molecule has 0 bridgehead atoms. The van der Waals surface area contributed by atoms with E-state index in [1.807, 2.05) is 0 Å². The van der Waals surface area contributed by atoms with Gasteiger partial charge in [0.2, 0.25) is 0 Å². The second-order valence-corrected chi connectivity index (χ2v) is 6.03. The lowest BCUT2D eigenvalue weighted by Crippen LogP contribution is -1.95. The van der Waals surface area contributed by atoms with Crippen LogP contribution in [0.3, 0.4) is 0 Å². The van der Waals surface area contributed by atoms with Gasteiger partial charge in [0.15, 0.2) is 0 Å². The number of thiophene rings is 1. The first-order chi connectivity index (χ1) is 7.66. The summed E-state index contributed by atoms with van der Waals surface area (Å²) in [6.45, 7) is 4.32. The first kappa shape index (κ1) is 11.9. The van der Waals surface area contributed by atoms with Gasteiger partial charge in [0.05, 0.1) is 0 Å². The average Bonchev–Trinajstić information content (AvgIpc) is 2.74. The van der Waals surface area contributed by atoms with Gasteiger partial charge in [-0.2, -0.15) is 11.3 Å². The molecule has 0 saturated carbocycles. The van der Waals surface area contributed by atoms with Crippen molar-refractivity contribution >= 4 is 27.3 Å². The quantitative estimate of drug-likeness (QED) is 0.696. The molecule has 16 heavy (non-hydrogen) atoms. The molecule has 0 saturated heterocycles. The standard InChI is InChI=1S/C14H15BrS/c1-10-3-4-13(7-11(10)2)14(15)8-12-5-6-16-9-12/h3-7,9,14H,8H2,1-2H3. The maximum absolute atomic E-state index is 3.77. The Labute approximate surface area is 109 Å². The molecular formula is C14H15BrS. The molecule has 0 spiro atoms. The van der Waals surface area contributed by atoms with Crippen molar-refractivity contribution in [1.29, 1.82) is 0 Å². The van der Waals surface area contributed by atoms with Crippen molar-refractivity contribution in [3.8, 4) is 0 Å². The zero-order chi connectivity index (χ0) is 11.5. The van der Waals surface area contributed by atoms with Crippen LogP contribution >= 0.6 is 27.3 Å². The molecule has 1 aromatic heterocycles. The Kier molecular flexibility index (Phi) is 3.82. The molecule has 0 amide bonds. The molecule has 84 valence electrons. The van der Waals surface area contributed by atoms with Gasteiger partial charge >= 0.3 is 0 Å². The highest BCUT2D eigenvalue weighted by Crippen LogP contribution is 2.28. The van der Waals surface area contributed by atoms with Gasteiger partial charge in [-0.15, -0.1) is 0 Å². The van der Waals surface area contributed by atoms with Gasteiger partial charge in [-0.3, -0.25) is 0 Å². The number of rotatable bonds is 3. The highest BCUT2D eigenvalue weighted by Gasteiger charge is 2.09. The van der Waals surface area contributed by atoms with E-state index in [2.05, 4.69) is 64.8 Å². The minimum Gasteiger partial charge on any atom is -0.152 e. The average molecular weight is 295 g/mol.